The van der Waals surface area contributed by atoms with Gasteiger partial charge in [0.1, 0.15) is 0 Å². The number of nitrogens with zero attached hydrogens (tertiary/aromatic N) is 1. The van der Waals surface area contributed by atoms with Gasteiger partial charge in [-0.15, -0.1) is 6.58 Å². The molecule has 0 spiro atoms. The Bertz CT molecular complexity index is 243. The van der Waals surface area contributed by atoms with Crippen molar-refractivity contribution in [2.45, 2.75) is 25.8 Å². The monoisotopic (exact) mass is 226 g/mol. The van der Waals surface area contributed by atoms with Crippen molar-refractivity contribution in [3.8, 4) is 0 Å². The molecule has 16 heavy (non-hydrogen) atoms. The van der Waals surface area contributed by atoms with Crippen LogP contribution in [-0.4, -0.2) is 48.2 Å². The Morgan fingerprint density at radius 2 is 2.44 bits per heavy atom. The number of nitrogens with one attached hydrogen (secondary N) is 1. The summed E-state index contributed by atoms with van der Waals surface area (Å²) in [5.74, 6) is 0.255. The van der Waals surface area contributed by atoms with Gasteiger partial charge in [0.05, 0.1) is 6.61 Å². The van der Waals surface area contributed by atoms with Crippen LogP contribution < -0.4 is 5.32 Å². The first kappa shape index (κ1) is 13.2. The van der Waals surface area contributed by atoms with E-state index in [-0.39, 0.29) is 18.4 Å². The predicted octanol–water partition coefficient (Wildman–Crippen LogP) is 0.381. The van der Waals surface area contributed by atoms with E-state index in [0.29, 0.717) is 19.1 Å². The van der Waals surface area contributed by atoms with Crippen molar-refractivity contribution in [1.82, 2.24) is 10.2 Å². The lowest BCUT2D eigenvalue weighted by atomic mass is 9.92. The molecule has 1 fully saturated rings. The van der Waals surface area contributed by atoms with E-state index in [4.69, 9.17) is 5.11 Å². The summed E-state index contributed by atoms with van der Waals surface area (Å²) in [6.45, 7) is 7.58. The molecule has 0 aromatic rings. The number of amides is 1. The summed E-state index contributed by atoms with van der Waals surface area (Å²) in [6.07, 6.45) is 3.48. The lowest BCUT2D eigenvalue weighted by Gasteiger charge is -2.31. The van der Waals surface area contributed by atoms with Crippen molar-refractivity contribution in [1.29, 1.82) is 0 Å². The van der Waals surface area contributed by atoms with Crippen LogP contribution in [-0.2, 0) is 4.79 Å². The molecule has 1 aliphatic rings. The summed E-state index contributed by atoms with van der Waals surface area (Å²) in [5.41, 5.74) is 0. The van der Waals surface area contributed by atoms with Crippen LogP contribution in [0.3, 0.4) is 0 Å². The molecule has 2 atom stereocenters. The van der Waals surface area contributed by atoms with Crippen molar-refractivity contribution in [3.63, 3.8) is 0 Å². The van der Waals surface area contributed by atoms with Crippen molar-refractivity contribution in [2.24, 2.45) is 5.92 Å². The molecule has 1 amide bonds. The maximum atomic E-state index is 12.2. The summed E-state index contributed by atoms with van der Waals surface area (Å²) in [4.78, 5) is 13.9. The highest BCUT2D eigenvalue weighted by Crippen LogP contribution is 2.18. The molecule has 0 radical (unpaired) electrons. The number of hydrogen-bond acceptors (Lipinski definition) is 3. The van der Waals surface area contributed by atoms with Crippen molar-refractivity contribution in [3.05, 3.63) is 12.7 Å². The molecule has 0 aromatic heterocycles. The summed E-state index contributed by atoms with van der Waals surface area (Å²) in [7, 11) is 0. The number of aliphatic hydroxyl groups is 1. The normalized spacial score (nSPS) is 25.1. The molecular weight excluding hydrogens is 204 g/mol. The molecule has 0 bridgehead atoms. The summed E-state index contributed by atoms with van der Waals surface area (Å²) >= 11 is 0. The quantitative estimate of drug-likeness (QED) is 0.666. The molecule has 1 aliphatic heterocycles. The van der Waals surface area contributed by atoms with Gasteiger partial charge in [-0.05, 0) is 26.3 Å². The van der Waals surface area contributed by atoms with Crippen LogP contribution in [0.25, 0.3) is 0 Å². The minimum Gasteiger partial charge on any atom is -0.395 e. The second-order valence-corrected chi connectivity index (χ2v) is 4.37. The largest absolute Gasteiger partial charge is 0.395 e. The first-order valence-corrected chi connectivity index (χ1v) is 5.93. The smallest absolute Gasteiger partial charge is 0.226 e. The number of rotatable bonds is 5. The zero-order valence-electron chi connectivity index (χ0n) is 9.98. The van der Waals surface area contributed by atoms with E-state index in [1.165, 1.54) is 0 Å². The van der Waals surface area contributed by atoms with Gasteiger partial charge in [-0.2, -0.15) is 0 Å². The lowest BCUT2D eigenvalue weighted by Crippen LogP contribution is -2.45. The van der Waals surface area contributed by atoms with Gasteiger partial charge >= 0.3 is 0 Å². The molecule has 2 unspecified atom stereocenters. The van der Waals surface area contributed by atoms with Crippen molar-refractivity contribution >= 4 is 5.91 Å². The van der Waals surface area contributed by atoms with Crippen LogP contribution in [0, 0.1) is 5.92 Å². The maximum Gasteiger partial charge on any atom is 0.226 e. The summed E-state index contributed by atoms with van der Waals surface area (Å²) in [5, 5.41) is 12.3. The zero-order chi connectivity index (χ0) is 12.0. The van der Waals surface area contributed by atoms with E-state index >= 15 is 0 Å². The molecule has 1 rings (SSSR count). The first-order chi connectivity index (χ1) is 7.69. The SMILES string of the molecule is C=CCN(CCO)C(=O)C1CCNC(C)C1. The molecule has 2 N–H and O–H groups in total. The van der Waals surface area contributed by atoms with E-state index in [1.54, 1.807) is 11.0 Å². The van der Waals surface area contributed by atoms with E-state index in [1.807, 2.05) is 0 Å². The van der Waals surface area contributed by atoms with Gasteiger partial charge in [0.15, 0.2) is 0 Å². The Kier molecular flexibility index (Phi) is 5.49. The molecule has 4 nitrogen and oxygen atoms in total. The van der Waals surface area contributed by atoms with E-state index in [9.17, 15) is 4.79 Å². The standard InChI is InChI=1S/C12H22N2O2/c1-3-6-14(7-8-15)12(16)11-4-5-13-10(2)9-11/h3,10-11,13,15H,1,4-9H2,2H3. The Balaban J connectivity index is 2.54. The lowest BCUT2D eigenvalue weighted by molar-refractivity contribution is -0.136. The van der Waals surface area contributed by atoms with Gasteiger partial charge in [-0.1, -0.05) is 6.08 Å². The minimum absolute atomic E-state index is 0.0140. The van der Waals surface area contributed by atoms with E-state index in [0.717, 1.165) is 19.4 Å². The third kappa shape index (κ3) is 3.61. The van der Waals surface area contributed by atoms with Crippen LogP contribution >= 0.6 is 0 Å². The Morgan fingerprint density at radius 1 is 1.69 bits per heavy atom. The number of carbonyl (C=O) groups excluding carboxylic acids is 1. The third-order valence-corrected chi connectivity index (χ3v) is 3.00. The number of piperidine rings is 1. The molecule has 92 valence electrons. The predicted molar refractivity (Wildman–Crippen MR) is 64.1 cm³/mol. The third-order valence-electron chi connectivity index (χ3n) is 3.00. The highest BCUT2D eigenvalue weighted by atomic mass is 16.3. The Hall–Kier alpha value is -0.870. The van der Waals surface area contributed by atoms with Crippen LogP contribution in [0.15, 0.2) is 12.7 Å². The van der Waals surface area contributed by atoms with Gasteiger partial charge < -0.3 is 15.3 Å². The van der Waals surface area contributed by atoms with Gasteiger partial charge in [-0.3, -0.25) is 4.79 Å². The van der Waals surface area contributed by atoms with E-state index in [2.05, 4.69) is 18.8 Å². The average Bonchev–Trinajstić information content (AvgIpc) is 2.28. The van der Waals surface area contributed by atoms with Crippen LogP contribution in [0.5, 0.6) is 0 Å². The maximum absolute atomic E-state index is 12.2. The molecular formula is C12H22N2O2. The summed E-state index contributed by atoms with van der Waals surface area (Å²) < 4.78 is 0. The Labute approximate surface area is 97.3 Å². The van der Waals surface area contributed by atoms with Crippen LogP contribution in [0.2, 0.25) is 0 Å². The van der Waals surface area contributed by atoms with E-state index < -0.39 is 0 Å². The highest BCUT2D eigenvalue weighted by molar-refractivity contribution is 5.79. The van der Waals surface area contributed by atoms with Gasteiger partial charge in [-0.25, -0.2) is 0 Å². The highest BCUT2D eigenvalue weighted by Gasteiger charge is 2.27. The minimum atomic E-state index is 0.0140. The zero-order valence-corrected chi connectivity index (χ0v) is 9.98. The molecule has 0 aromatic carbocycles. The second kappa shape index (κ2) is 6.66. The fourth-order valence-corrected chi connectivity index (χ4v) is 2.18. The number of aliphatic hydroxyl groups excluding tert-OH is 1. The van der Waals surface area contributed by atoms with Gasteiger partial charge in [0, 0.05) is 25.0 Å². The molecule has 1 saturated heterocycles. The molecule has 1 heterocycles. The fourth-order valence-electron chi connectivity index (χ4n) is 2.18. The molecule has 0 saturated carbocycles. The second-order valence-electron chi connectivity index (χ2n) is 4.37. The Morgan fingerprint density at radius 3 is 3.00 bits per heavy atom. The first-order valence-electron chi connectivity index (χ1n) is 5.93. The van der Waals surface area contributed by atoms with Crippen molar-refractivity contribution in [2.75, 3.05) is 26.2 Å². The fraction of sp³-hybridized carbons (Fsp3) is 0.750. The van der Waals surface area contributed by atoms with Gasteiger partial charge in [0.2, 0.25) is 5.91 Å². The van der Waals surface area contributed by atoms with Crippen LogP contribution in [0.4, 0.5) is 0 Å². The van der Waals surface area contributed by atoms with Crippen LogP contribution in [0.1, 0.15) is 19.8 Å². The topological polar surface area (TPSA) is 52.6 Å². The average molecular weight is 226 g/mol. The number of hydrogen-bond donors (Lipinski definition) is 2. The number of carbonyl (C=O) groups is 1. The molecule has 4 heteroatoms. The summed E-state index contributed by atoms with van der Waals surface area (Å²) in [6, 6.07) is 0.405. The molecule has 0 aliphatic carbocycles. The van der Waals surface area contributed by atoms with Crippen molar-refractivity contribution < 1.29 is 9.90 Å². The van der Waals surface area contributed by atoms with Gasteiger partial charge in [0.25, 0.3) is 0 Å².